The van der Waals surface area contributed by atoms with Crippen molar-refractivity contribution >= 4 is 32.3 Å². The van der Waals surface area contributed by atoms with Gasteiger partial charge in [0.05, 0.1) is 26.9 Å². The molecule has 4 rings (SSSR count). The highest BCUT2D eigenvalue weighted by Crippen LogP contribution is 2.34. The number of unbranched alkanes of at least 4 members (excludes halogenated alkanes) is 1. The van der Waals surface area contributed by atoms with Crippen LogP contribution in [-0.2, 0) is 9.84 Å². The summed E-state index contributed by atoms with van der Waals surface area (Å²) in [5, 5.41) is 9.88. The smallest absolute Gasteiger partial charge is 0.178 e. The van der Waals surface area contributed by atoms with Gasteiger partial charge in [-0.05, 0) is 61.4 Å². The van der Waals surface area contributed by atoms with Crippen LogP contribution in [-0.4, -0.2) is 35.9 Å². The molecule has 1 N–H and O–H groups in total. The van der Waals surface area contributed by atoms with Crippen molar-refractivity contribution < 1.29 is 22.7 Å². The molecule has 1 heterocycles. The van der Waals surface area contributed by atoms with E-state index in [4.69, 9.17) is 21.4 Å². The number of rotatable bonds is 8. The highest BCUT2D eigenvalue weighted by Gasteiger charge is 2.16. The Morgan fingerprint density at radius 1 is 0.970 bits per heavy atom. The van der Waals surface area contributed by atoms with Gasteiger partial charge in [0.2, 0.25) is 0 Å². The summed E-state index contributed by atoms with van der Waals surface area (Å²) in [5.74, 6) is 0.245. The number of para-hydroxylation sites is 1. The fourth-order valence-corrected chi connectivity index (χ4v) is 4.98. The van der Waals surface area contributed by atoms with Crippen molar-refractivity contribution in [3.05, 3.63) is 77.8 Å². The Morgan fingerprint density at radius 3 is 2.48 bits per heavy atom. The fraction of sp³-hybridized carbons (Fsp3) is 0.167. The van der Waals surface area contributed by atoms with Gasteiger partial charge in [-0.3, -0.25) is 0 Å². The third-order valence-electron chi connectivity index (χ3n) is 5.05. The van der Waals surface area contributed by atoms with Crippen LogP contribution < -0.4 is 4.74 Å². The molecule has 6 nitrogen and oxygen atoms in total. The summed E-state index contributed by atoms with van der Waals surface area (Å²) in [7, 11) is -3.44. The van der Waals surface area contributed by atoms with Gasteiger partial charge in [0.15, 0.2) is 9.84 Å². The van der Waals surface area contributed by atoms with E-state index in [1.54, 1.807) is 30.3 Å². The van der Waals surface area contributed by atoms with Gasteiger partial charge in [-0.1, -0.05) is 23.7 Å². The van der Waals surface area contributed by atoms with E-state index in [1.165, 1.54) is 36.7 Å². The standard InChI is InChI=1S/C24H20ClFN2O4S/c25-21-5-3-4-19-23(27-15-28-24(19)21)20-14-17(8-11-22(20)26)32-16-6-9-18(10-7-16)33(30,31)13-2-1-12-29/h3-11,14-15,29H,1-2,12-13H2. The van der Waals surface area contributed by atoms with Crippen LogP contribution in [0.4, 0.5) is 4.39 Å². The fourth-order valence-electron chi connectivity index (χ4n) is 3.39. The van der Waals surface area contributed by atoms with Crippen LogP contribution in [0.25, 0.3) is 22.2 Å². The minimum absolute atomic E-state index is 0.0357. The number of aliphatic hydroxyl groups excluding tert-OH is 1. The third-order valence-corrected chi connectivity index (χ3v) is 7.17. The summed E-state index contributed by atoms with van der Waals surface area (Å²) < 4.78 is 45.3. The molecule has 33 heavy (non-hydrogen) atoms. The van der Waals surface area contributed by atoms with E-state index in [0.29, 0.717) is 46.0 Å². The number of benzene rings is 3. The average Bonchev–Trinajstić information content (AvgIpc) is 2.81. The summed E-state index contributed by atoms with van der Waals surface area (Å²) in [5.41, 5.74) is 1.13. The van der Waals surface area contributed by atoms with Crippen LogP contribution in [0.3, 0.4) is 0 Å². The molecule has 0 amide bonds. The van der Waals surface area contributed by atoms with E-state index in [1.807, 2.05) is 0 Å². The van der Waals surface area contributed by atoms with Crippen LogP contribution in [0.5, 0.6) is 11.5 Å². The van der Waals surface area contributed by atoms with E-state index < -0.39 is 15.7 Å². The lowest BCUT2D eigenvalue weighted by Gasteiger charge is -2.11. The number of nitrogens with zero attached hydrogens (tertiary/aromatic N) is 2. The molecular formula is C24H20ClFN2O4S. The highest BCUT2D eigenvalue weighted by molar-refractivity contribution is 7.91. The van der Waals surface area contributed by atoms with E-state index >= 15 is 0 Å². The summed E-state index contributed by atoms with van der Waals surface area (Å²) in [4.78, 5) is 8.61. The molecule has 9 heteroatoms. The largest absolute Gasteiger partial charge is 0.457 e. The van der Waals surface area contributed by atoms with Gasteiger partial charge in [0.1, 0.15) is 23.6 Å². The maximum absolute atomic E-state index is 14.7. The van der Waals surface area contributed by atoms with Gasteiger partial charge < -0.3 is 9.84 Å². The zero-order valence-corrected chi connectivity index (χ0v) is 19.0. The van der Waals surface area contributed by atoms with Crippen LogP contribution in [0, 0.1) is 5.82 Å². The van der Waals surface area contributed by atoms with Crippen LogP contribution in [0.1, 0.15) is 12.8 Å². The minimum atomic E-state index is -3.44. The molecule has 0 unspecified atom stereocenters. The van der Waals surface area contributed by atoms with E-state index in [2.05, 4.69) is 9.97 Å². The molecule has 0 radical (unpaired) electrons. The molecule has 0 spiro atoms. The molecule has 0 fully saturated rings. The van der Waals surface area contributed by atoms with Crippen molar-refractivity contribution in [2.75, 3.05) is 12.4 Å². The average molecular weight is 487 g/mol. The molecule has 0 saturated carbocycles. The Balaban J connectivity index is 1.60. The molecular weight excluding hydrogens is 467 g/mol. The number of fused-ring (bicyclic) bond motifs is 1. The maximum Gasteiger partial charge on any atom is 0.178 e. The minimum Gasteiger partial charge on any atom is -0.457 e. The zero-order chi connectivity index (χ0) is 23.4. The Hall–Kier alpha value is -3.07. The number of aliphatic hydroxyl groups is 1. The summed E-state index contributed by atoms with van der Waals surface area (Å²) in [6.07, 6.45) is 2.15. The van der Waals surface area contributed by atoms with E-state index in [-0.39, 0.29) is 22.8 Å². The van der Waals surface area contributed by atoms with Gasteiger partial charge in [-0.15, -0.1) is 0 Å². The van der Waals surface area contributed by atoms with Gasteiger partial charge in [0.25, 0.3) is 0 Å². The summed E-state index contributed by atoms with van der Waals surface area (Å²) in [6.45, 7) is -0.0419. The third kappa shape index (κ3) is 5.13. The topological polar surface area (TPSA) is 89.4 Å². The van der Waals surface area contributed by atoms with Crippen molar-refractivity contribution in [3.63, 3.8) is 0 Å². The first kappa shape index (κ1) is 23.1. The molecule has 0 atom stereocenters. The molecule has 4 aromatic rings. The van der Waals surface area contributed by atoms with Crippen LogP contribution in [0.2, 0.25) is 5.02 Å². The van der Waals surface area contributed by atoms with Crippen LogP contribution in [0.15, 0.2) is 71.9 Å². The van der Waals surface area contributed by atoms with Crippen molar-refractivity contribution in [2.24, 2.45) is 0 Å². The second kappa shape index (κ2) is 9.82. The lowest BCUT2D eigenvalue weighted by molar-refractivity contribution is 0.287. The predicted molar refractivity (Wildman–Crippen MR) is 125 cm³/mol. The van der Waals surface area contributed by atoms with E-state index in [0.717, 1.165) is 0 Å². The summed E-state index contributed by atoms with van der Waals surface area (Å²) >= 11 is 6.21. The lowest BCUT2D eigenvalue weighted by Crippen LogP contribution is -2.07. The number of ether oxygens (including phenoxy) is 1. The predicted octanol–water partition coefficient (Wildman–Crippen LogP) is 5.43. The lowest BCUT2D eigenvalue weighted by atomic mass is 10.1. The Morgan fingerprint density at radius 2 is 1.73 bits per heavy atom. The Bertz CT molecular complexity index is 1400. The molecule has 3 aromatic carbocycles. The van der Waals surface area contributed by atoms with Gasteiger partial charge in [0, 0.05) is 17.6 Å². The molecule has 0 aliphatic carbocycles. The molecule has 0 aliphatic rings. The molecule has 1 aromatic heterocycles. The first-order valence-electron chi connectivity index (χ1n) is 10.2. The van der Waals surface area contributed by atoms with Crippen molar-refractivity contribution in [2.45, 2.75) is 17.7 Å². The van der Waals surface area contributed by atoms with Gasteiger partial charge >= 0.3 is 0 Å². The molecule has 0 aliphatic heterocycles. The molecule has 170 valence electrons. The van der Waals surface area contributed by atoms with Gasteiger partial charge in [-0.25, -0.2) is 22.8 Å². The van der Waals surface area contributed by atoms with Crippen molar-refractivity contribution in [3.8, 4) is 22.8 Å². The highest BCUT2D eigenvalue weighted by atomic mass is 35.5. The molecule has 0 saturated heterocycles. The zero-order valence-electron chi connectivity index (χ0n) is 17.4. The monoisotopic (exact) mass is 486 g/mol. The van der Waals surface area contributed by atoms with Crippen molar-refractivity contribution in [1.29, 1.82) is 0 Å². The Kier molecular flexibility index (Phi) is 6.88. The quantitative estimate of drug-likeness (QED) is 0.334. The maximum atomic E-state index is 14.7. The van der Waals surface area contributed by atoms with Crippen LogP contribution >= 0.6 is 11.6 Å². The summed E-state index contributed by atoms with van der Waals surface area (Å²) in [6, 6.07) is 15.5. The van der Waals surface area contributed by atoms with Gasteiger partial charge in [-0.2, -0.15) is 0 Å². The second-order valence-electron chi connectivity index (χ2n) is 7.32. The first-order valence-corrected chi connectivity index (χ1v) is 12.2. The van der Waals surface area contributed by atoms with Crippen molar-refractivity contribution in [1.82, 2.24) is 9.97 Å². The number of hydrogen-bond acceptors (Lipinski definition) is 6. The number of aromatic nitrogens is 2. The number of sulfone groups is 1. The Labute approximate surface area is 195 Å². The normalized spacial score (nSPS) is 11.6. The molecule has 0 bridgehead atoms. The number of halogens is 2. The SMILES string of the molecule is O=S(=O)(CCCCO)c1ccc(Oc2ccc(F)c(-c3ncnc4c(Cl)cccc34)c2)cc1. The second-order valence-corrected chi connectivity index (χ2v) is 9.84. The first-order chi connectivity index (χ1) is 15.9. The van der Waals surface area contributed by atoms with E-state index in [9.17, 15) is 12.8 Å². The number of hydrogen-bond donors (Lipinski definition) is 1.